The molecule has 0 spiro atoms. The molecule has 0 bridgehead atoms. The maximum absolute atomic E-state index is 12.0. The van der Waals surface area contributed by atoms with Crippen molar-refractivity contribution in [3.63, 3.8) is 0 Å². The lowest BCUT2D eigenvalue weighted by Gasteiger charge is -2.27. The first-order valence-corrected chi connectivity index (χ1v) is 6.89. The maximum atomic E-state index is 12.0. The van der Waals surface area contributed by atoms with E-state index in [4.69, 9.17) is 4.74 Å². The van der Waals surface area contributed by atoms with Crippen LogP contribution in [0.25, 0.3) is 0 Å². The Morgan fingerprint density at radius 1 is 1.29 bits per heavy atom. The molecule has 0 heterocycles. The maximum Gasteiger partial charge on any atom is 0.326 e. The van der Waals surface area contributed by atoms with Crippen molar-refractivity contribution in [1.82, 2.24) is 5.32 Å². The lowest BCUT2D eigenvalue weighted by molar-refractivity contribution is -0.144. The number of hydrogen-bond donors (Lipinski definition) is 2. The van der Waals surface area contributed by atoms with Gasteiger partial charge in [-0.25, -0.2) is 4.79 Å². The number of methoxy groups -OCH3 is 1. The van der Waals surface area contributed by atoms with E-state index in [1.165, 1.54) is 0 Å². The van der Waals surface area contributed by atoms with Gasteiger partial charge in [-0.1, -0.05) is 39.0 Å². The van der Waals surface area contributed by atoms with Crippen LogP contribution in [-0.4, -0.2) is 30.1 Å². The van der Waals surface area contributed by atoms with Crippen molar-refractivity contribution in [1.29, 1.82) is 0 Å². The average Bonchev–Trinajstić information content (AvgIpc) is 2.41. The van der Waals surface area contributed by atoms with Gasteiger partial charge in [-0.3, -0.25) is 4.79 Å². The van der Waals surface area contributed by atoms with E-state index in [1.807, 2.05) is 24.3 Å². The smallest absolute Gasteiger partial charge is 0.326 e. The van der Waals surface area contributed by atoms with Crippen LogP contribution in [-0.2, 0) is 16.0 Å². The molecule has 0 saturated carbocycles. The van der Waals surface area contributed by atoms with E-state index in [9.17, 15) is 14.7 Å². The third-order valence-corrected chi connectivity index (χ3v) is 3.23. The van der Waals surface area contributed by atoms with Crippen LogP contribution >= 0.6 is 0 Å². The number of nitrogens with one attached hydrogen (secondary N) is 1. The molecule has 1 aromatic rings. The van der Waals surface area contributed by atoms with Crippen molar-refractivity contribution in [2.24, 2.45) is 5.41 Å². The summed E-state index contributed by atoms with van der Waals surface area (Å²) in [5.74, 6) is -0.563. The molecule has 0 aliphatic carbocycles. The zero-order chi connectivity index (χ0) is 16.0. The standard InChI is InChI=1S/C16H23NO4/c1-16(2,3)14(15(19)20)17-13(18)10-9-11-7-5-6-8-12(11)21-4/h5-8,14H,9-10H2,1-4H3,(H,17,18)(H,19,20). The summed E-state index contributed by atoms with van der Waals surface area (Å²) in [4.78, 5) is 23.2. The number of aryl methyl sites for hydroxylation is 1. The first kappa shape index (κ1) is 17.0. The Hall–Kier alpha value is -2.04. The van der Waals surface area contributed by atoms with Crippen LogP contribution < -0.4 is 10.1 Å². The van der Waals surface area contributed by atoms with E-state index < -0.39 is 17.4 Å². The predicted molar refractivity (Wildman–Crippen MR) is 80.3 cm³/mol. The van der Waals surface area contributed by atoms with Gasteiger partial charge >= 0.3 is 5.97 Å². The van der Waals surface area contributed by atoms with E-state index in [1.54, 1.807) is 27.9 Å². The minimum Gasteiger partial charge on any atom is -0.496 e. The normalized spacial score (nSPS) is 12.6. The molecule has 0 aliphatic heterocycles. The van der Waals surface area contributed by atoms with Crippen molar-refractivity contribution in [2.45, 2.75) is 39.7 Å². The molecule has 0 fully saturated rings. The Morgan fingerprint density at radius 3 is 2.43 bits per heavy atom. The van der Waals surface area contributed by atoms with Crippen LogP contribution in [0.3, 0.4) is 0 Å². The predicted octanol–water partition coefficient (Wildman–Crippen LogP) is 2.24. The molecule has 0 radical (unpaired) electrons. The summed E-state index contributed by atoms with van der Waals surface area (Å²) in [6, 6.07) is 6.57. The quantitative estimate of drug-likeness (QED) is 0.843. The Kier molecular flexibility index (Phi) is 5.76. The highest BCUT2D eigenvalue weighted by Crippen LogP contribution is 2.21. The Labute approximate surface area is 125 Å². The molecule has 0 aliphatic rings. The number of rotatable bonds is 6. The molecule has 5 heteroatoms. The van der Waals surface area contributed by atoms with E-state index in [0.717, 1.165) is 11.3 Å². The molecule has 2 N–H and O–H groups in total. The molecule has 1 amide bonds. The van der Waals surface area contributed by atoms with Gasteiger partial charge in [0, 0.05) is 6.42 Å². The van der Waals surface area contributed by atoms with Gasteiger partial charge in [-0.15, -0.1) is 0 Å². The van der Waals surface area contributed by atoms with E-state index in [2.05, 4.69) is 5.32 Å². The SMILES string of the molecule is COc1ccccc1CCC(=O)NC(C(=O)O)C(C)(C)C. The number of carbonyl (C=O) groups excluding carboxylic acids is 1. The van der Waals surface area contributed by atoms with Crippen LogP contribution in [0, 0.1) is 5.41 Å². The largest absolute Gasteiger partial charge is 0.496 e. The summed E-state index contributed by atoms with van der Waals surface area (Å²) in [5.41, 5.74) is 0.393. The summed E-state index contributed by atoms with van der Waals surface area (Å²) < 4.78 is 5.23. The summed E-state index contributed by atoms with van der Waals surface area (Å²) >= 11 is 0. The van der Waals surface area contributed by atoms with Gasteiger partial charge in [0.2, 0.25) is 5.91 Å². The highest BCUT2D eigenvalue weighted by molar-refractivity contribution is 5.84. The van der Waals surface area contributed by atoms with Gasteiger partial charge in [0.1, 0.15) is 11.8 Å². The van der Waals surface area contributed by atoms with Gasteiger partial charge < -0.3 is 15.2 Å². The average molecular weight is 293 g/mol. The second-order valence-electron chi connectivity index (χ2n) is 6.02. The summed E-state index contributed by atoms with van der Waals surface area (Å²) in [5, 5.41) is 11.8. The van der Waals surface area contributed by atoms with Crippen molar-refractivity contribution in [2.75, 3.05) is 7.11 Å². The number of carboxylic acid groups (broad SMARTS) is 1. The molecular weight excluding hydrogens is 270 g/mol. The first-order chi connectivity index (χ1) is 9.75. The van der Waals surface area contributed by atoms with Crippen LogP contribution in [0.5, 0.6) is 5.75 Å². The van der Waals surface area contributed by atoms with Gasteiger partial charge in [-0.2, -0.15) is 0 Å². The monoisotopic (exact) mass is 293 g/mol. The minimum atomic E-state index is -1.02. The molecule has 0 saturated heterocycles. The molecule has 1 unspecified atom stereocenters. The van der Waals surface area contributed by atoms with Crippen LogP contribution in [0.2, 0.25) is 0 Å². The zero-order valence-electron chi connectivity index (χ0n) is 13.0. The van der Waals surface area contributed by atoms with Crippen LogP contribution in [0.4, 0.5) is 0 Å². The van der Waals surface area contributed by atoms with E-state index >= 15 is 0 Å². The van der Waals surface area contributed by atoms with Gasteiger partial charge in [-0.05, 0) is 23.5 Å². The molecule has 5 nitrogen and oxygen atoms in total. The number of para-hydroxylation sites is 1. The highest BCUT2D eigenvalue weighted by Gasteiger charge is 2.32. The topological polar surface area (TPSA) is 75.6 Å². The van der Waals surface area contributed by atoms with E-state index in [-0.39, 0.29) is 12.3 Å². The second kappa shape index (κ2) is 7.11. The van der Waals surface area contributed by atoms with Gasteiger partial charge in [0.25, 0.3) is 0 Å². The van der Waals surface area contributed by atoms with Gasteiger partial charge in [0.15, 0.2) is 0 Å². The lowest BCUT2D eigenvalue weighted by Crippen LogP contribution is -2.49. The van der Waals surface area contributed by atoms with Crippen molar-refractivity contribution in [3.05, 3.63) is 29.8 Å². The lowest BCUT2D eigenvalue weighted by atomic mass is 9.86. The Balaban J connectivity index is 2.63. The van der Waals surface area contributed by atoms with Crippen LogP contribution in [0.1, 0.15) is 32.8 Å². The Morgan fingerprint density at radius 2 is 1.90 bits per heavy atom. The fourth-order valence-electron chi connectivity index (χ4n) is 2.04. The molecule has 0 aromatic heterocycles. The fourth-order valence-corrected chi connectivity index (χ4v) is 2.04. The number of ether oxygens (including phenoxy) is 1. The summed E-state index contributed by atoms with van der Waals surface area (Å²) in [7, 11) is 1.58. The third kappa shape index (κ3) is 5.10. The third-order valence-electron chi connectivity index (χ3n) is 3.23. The molecule has 116 valence electrons. The Bertz CT molecular complexity index is 505. The molecular formula is C16H23NO4. The number of carboxylic acids is 1. The summed E-state index contributed by atoms with van der Waals surface area (Å²) in [6.07, 6.45) is 0.729. The number of hydrogen-bond acceptors (Lipinski definition) is 3. The minimum absolute atomic E-state index is 0.222. The van der Waals surface area contributed by atoms with Crippen molar-refractivity contribution in [3.8, 4) is 5.75 Å². The van der Waals surface area contributed by atoms with E-state index in [0.29, 0.717) is 6.42 Å². The molecule has 1 rings (SSSR count). The number of benzene rings is 1. The molecule has 21 heavy (non-hydrogen) atoms. The number of aliphatic carboxylic acids is 1. The molecule has 1 aromatic carbocycles. The van der Waals surface area contributed by atoms with Crippen molar-refractivity contribution < 1.29 is 19.4 Å². The molecule has 1 atom stereocenters. The zero-order valence-corrected chi connectivity index (χ0v) is 13.0. The fraction of sp³-hybridized carbons (Fsp3) is 0.500. The van der Waals surface area contributed by atoms with Crippen LogP contribution in [0.15, 0.2) is 24.3 Å². The second-order valence-corrected chi connectivity index (χ2v) is 6.02. The van der Waals surface area contributed by atoms with Crippen molar-refractivity contribution >= 4 is 11.9 Å². The first-order valence-electron chi connectivity index (χ1n) is 6.89. The highest BCUT2D eigenvalue weighted by atomic mass is 16.5. The summed E-state index contributed by atoms with van der Waals surface area (Å²) in [6.45, 7) is 5.35. The number of carbonyl (C=O) groups is 2. The number of amides is 1. The van der Waals surface area contributed by atoms with Gasteiger partial charge in [0.05, 0.1) is 7.11 Å².